The molecular formula is C15H21N3O3. The lowest BCUT2D eigenvalue weighted by Crippen LogP contribution is -2.34. The minimum atomic E-state index is -0.206. The number of anilines is 1. The van der Waals surface area contributed by atoms with Crippen LogP contribution < -0.4 is 16.0 Å². The molecule has 0 atom stereocenters. The second-order valence-electron chi connectivity index (χ2n) is 4.97. The van der Waals surface area contributed by atoms with Crippen molar-refractivity contribution < 1.29 is 14.3 Å². The maximum absolute atomic E-state index is 11.9. The summed E-state index contributed by atoms with van der Waals surface area (Å²) in [6, 6.07) is 6.81. The van der Waals surface area contributed by atoms with Gasteiger partial charge in [0.15, 0.2) is 0 Å². The number of amides is 2. The van der Waals surface area contributed by atoms with Crippen molar-refractivity contribution in [2.75, 3.05) is 32.1 Å². The Labute approximate surface area is 124 Å². The predicted octanol–water partition coefficient (Wildman–Crippen LogP) is 0.753. The van der Waals surface area contributed by atoms with Gasteiger partial charge in [-0.3, -0.25) is 9.59 Å². The van der Waals surface area contributed by atoms with Gasteiger partial charge in [0.2, 0.25) is 5.91 Å². The van der Waals surface area contributed by atoms with Crippen LogP contribution in [0.15, 0.2) is 24.3 Å². The molecule has 2 amide bonds. The molecule has 0 bridgehead atoms. The first-order valence-corrected chi connectivity index (χ1v) is 7.13. The van der Waals surface area contributed by atoms with Crippen LogP contribution in [-0.2, 0) is 9.53 Å². The Morgan fingerprint density at radius 3 is 2.81 bits per heavy atom. The molecule has 114 valence electrons. The Morgan fingerprint density at radius 1 is 1.33 bits per heavy atom. The number of ether oxygens (including phenoxy) is 1. The first-order valence-electron chi connectivity index (χ1n) is 7.13. The number of hydrogen-bond acceptors (Lipinski definition) is 4. The van der Waals surface area contributed by atoms with E-state index in [0.717, 1.165) is 25.9 Å². The highest BCUT2D eigenvalue weighted by Crippen LogP contribution is 2.11. The normalized spacial score (nSPS) is 15.5. The second kappa shape index (κ2) is 7.75. The quantitative estimate of drug-likeness (QED) is 0.748. The molecule has 6 heteroatoms. The maximum Gasteiger partial charge on any atom is 0.251 e. The van der Waals surface area contributed by atoms with Crippen LogP contribution in [0.5, 0.6) is 0 Å². The van der Waals surface area contributed by atoms with Crippen molar-refractivity contribution in [3.8, 4) is 0 Å². The molecule has 6 nitrogen and oxygen atoms in total. The molecule has 0 unspecified atom stereocenters. The second-order valence-corrected chi connectivity index (χ2v) is 4.97. The van der Waals surface area contributed by atoms with E-state index in [4.69, 9.17) is 4.74 Å². The van der Waals surface area contributed by atoms with Crippen LogP contribution in [0.3, 0.4) is 0 Å². The van der Waals surface area contributed by atoms with E-state index in [9.17, 15) is 9.59 Å². The third kappa shape index (κ3) is 4.84. The van der Waals surface area contributed by atoms with Crippen LogP contribution in [0.25, 0.3) is 0 Å². The van der Waals surface area contributed by atoms with Crippen LogP contribution in [0.2, 0.25) is 0 Å². The molecule has 21 heavy (non-hydrogen) atoms. The smallest absolute Gasteiger partial charge is 0.251 e. The molecule has 1 heterocycles. The van der Waals surface area contributed by atoms with Crippen LogP contribution in [0.4, 0.5) is 5.69 Å². The van der Waals surface area contributed by atoms with Gasteiger partial charge in [0.05, 0.1) is 6.10 Å². The summed E-state index contributed by atoms with van der Waals surface area (Å²) < 4.78 is 5.58. The third-order valence-corrected chi connectivity index (χ3v) is 3.37. The topological polar surface area (TPSA) is 79.5 Å². The lowest BCUT2D eigenvalue weighted by molar-refractivity contribution is -0.123. The minimum absolute atomic E-state index is 0.0366. The van der Waals surface area contributed by atoms with Gasteiger partial charge in [0, 0.05) is 18.3 Å². The summed E-state index contributed by atoms with van der Waals surface area (Å²) in [5.74, 6) is -0.389. The van der Waals surface area contributed by atoms with Crippen molar-refractivity contribution >= 4 is 17.5 Å². The average Bonchev–Trinajstić information content (AvgIpc) is 2.53. The van der Waals surface area contributed by atoms with E-state index in [1.54, 1.807) is 31.3 Å². The van der Waals surface area contributed by atoms with E-state index >= 15 is 0 Å². The molecule has 0 radical (unpaired) electrons. The summed E-state index contributed by atoms with van der Waals surface area (Å²) in [5, 5.41) is 8.54. The molecule has 1 aromatic rings. The molecule has 0 spiro atoms. The molecule has 3 N–H and O–H groups in total. The van der Waals surface area contributed by atoms with E-state index in [2.05, 4.69) is 16.0 Å². The number of hydrogen-bond donors (Lipinski definition) is 3. The number of carbonyl (C=O) groups is 2. The lowest BCUT2D eigenvalue weighted by Gasteiger charge is -2.22. The minimum Gasteiger partial charge on any atom is -0.368 e. The van der Waals surface area contributed by atoms with Crippen LogP contribution in [0.1, 0.15) is 23.2 Å². The van der Waals surface area contributed by atoms with Crippen LogP contribution in [-0.4, -0.2) is 44.7 Å². The zero-order valence-electron chi connectivity index (χ0n) is 12.1. The monoisotopic (exact) mass is 291 g/mol. The highest BCUT2D eigenvalue weighted by molar-refractivity contribution is 5.97. The van der Waals surface area contributed by atoms with E-state index < -0.39 is 0 Å². The first-order chi connectivity index (χ1) is 10.2. The summed E-state index contributed by atoms with van der Waals surface area (Å²) in [4.78, 5) is 23.4. The number of benzene rings is 1. The Balaban J connectivity index is 1.83. The van der Waals surface area contributed by atoms with Crippen molar-refractivity contribution in [2.45, 2.75) is 18.9 Å². The number of nitrogens with one attached hydrogen (secondary N) is 3. The average molecular weight is 291 g/mol. The number of piperidine rings is 1. The van der Waals surface area contributed by atoms with E-state index in [-0.39, 0.29) is 24.5 Å². The van der Waals surface area contributed by atoms with Gasteiger partial charge in [0.1, 0.15) is 6.61 Å². The largest absolute Gasteiger partial charge is 0.368 e. The summed E-state index contributed by atoms with van der Waals surface area (Å²) in [5.41, 5.74) is 1.10. The zero-order valence-corrected chi connectivity index (χ0v) is 12.1. The van der Waals surface area contributed by atoms with Gasteiger partial charge in [-0.25, -0.2) is 0 Å². The molecule has 0 saturated carbocycles. The van der Waals surface area contributed by atoms with E-state index in [1.807, 2.05) is 0 Å². The van der Waals surface area contributed by atoms with Crippen molar-refractivity contribution in [3.63, 3.8) is 0 Å². The Bertz CT molecular complexity index is 499. The van der Waals surface area contributed by atoms with Gasteiger partial charge in [-0.15, -0.1) is 0 Å². The van der Waals surface area contributed by atoms with Crippen LogP contribution in [0, 0.1) is 0 Å². The van der Waals surface area contributed by atoms with Gasteiger partial charge >= 0.3 is 0 Å². The fourth-order valence-corrected chi connectivity index (χ4v) is 2.24. The van der Waals surface area contributed by atoms with Crippen molar-refractivity contribution in [2.24, 2.45) is 0 Å². The molecule has 1 aliphatic rings. The Morgan fingerprint density at radius 2 is 2.10 bits per heavy atom. The summed E-state index contributed by atoms with van der Waals surface area (Å²) in [6.07, 6.45) is 2.01. The Kier molecular flexibility index (Phi) is 5.71. The summed E-state index contributed by atoms with van der Waals surface area (Å²) in [6.45, 7) is 1.90. The van der Waals surface area contributed by atoms with Crippen LogP contribution >= 0.6 is 0 Å². The lowest BCUT2D eigenvalue weighted by atomic mass is 10.1. The van der Waals surface area contributed by atoms with Gasteiger partial charge < -0.3 is 20.7 Å². The maximum atomic E-state index is 11.9. The number of carbonyl (C=O) groups excluding carboxylic acids is 2. The fourth-order valence-electron chi connectivity index (χ4n) is 2.24. The van der Waals surface area contributed by atoms with Gasteiger partial charge in [-0.2, -0.15) is 0 Å². The molecule has 1 aromatic carbocycles. The molecule has 0 aromatic heterocycles. The fraction of sp³-hybridized carbons (Fsp3) is 0.467. The van der Waals surface area contributed by atoms with Crippen molar-refractivity contribution in [1.82, 2.24) is 10.6 Å². The molecule has 2 rings (SSSR count). The zero-order chi connectivity index (χ0) is 15.1. The highest BCUT2D eigenvalue weighted by Gasteiger charge is 2.15. The molecule has 0 aliphatic carbocycles. The van der Waals surface area contributed by atoms with Gasteiger partial charge in [-0.1, -0.05) is 6.07 Å². The summed E-state index contributed by atoms with van der Waals surface area (Å²) >= 11 is 0. The van der Waals surface area contributed by atoms with Gasteiger partial charge in [0.25, 0.3) is 5.91 Å². The Hall–Kier alpha value is -1.92. The molecule has 1 fully saturated rings. The SMILES string of the molecule is CNC(=O)c1cccc(NC(=O)COC2CCNCC2)c1. The summed E-state index contributed by atoms with van der Waals surface area (Å²) in [7, 11) is 1.57. The van der Waals surface area contributed by atoms with Crippen molar-refractivity contribution in [3.05, 3.63) is 29.8 Å². The highest BCUT2D eigenvalue weighted by atomic mass is 16.5. The van der Waals surface area contributed by atoms with Crippen molar-refractivity contribution in [1.29, 1.82) is 0 Å². The molecular weight excluding hydrogens is 270 g/mol. The third-order valence-electron chi connectivity index (χ3n) is 3.37. The predicted molar refractivity (Wildman–Crippen MR) is 80.3 cm³/mol. The van der Waals surface area contributed by atoms with Gasteiger partial charge in [-0.05, 0) is 44.1 Å². The molecule has 1 aliphatic heterocycles. The first kappa shape index (κ1) is 15.5. The molecule has 1 saturated heterocycles. The van der Waals surface area contributed by atoms with E-state index in [0.29, 0.717) is 11.3 Å². The van der Waals surface area contributed by atoms with E-state index in [1.165, 1.54) is 0 Å². The standard InChI is InChI=1S/C15H21N3O3/c1-16-15(20)11-3-2-4-12(9-11)18-14(19)10-21-13-5-7-17-8-6-13/h2-4,9,13,17H,5-8,10H2,1H3,(H,16,20)(H,18,19). The number of rotatable bonds is 5.